The Kier molecular flexibility index (Phi) is 5.87. The van der Waals surface area contributed by atoms with Gasteiger partial charge in [0.25, 0.3) is 0 Å². The van der Waals surface area contributed by atoms with Crippen molar-refractivity contribution in [2.45, 2.75) is 19.3 Å². The Balaban J connectivity index is 1.40. The molecule has 1 fully saturated rings. The van der Waals surface area contributed by atoms with Crippen LogP contribution in [0.3, 0.4) is 0 Å². The number of carbonyl (C=O) groups is 1. The summed E-state index contributed by atoms with van der Waals surface area (Å²) in [5.41, 5.74) is 5.23. The van der Waals surface area contributed by atoms with E-state index in [4.69, 9.17) is 4.74 Å². The van der Waals surface area contributed by atoms with Gasteiger partial charge >= 0.3 is 0 Å². The van der Waals surface area contributed by atoms with Crippen molar-refractivity contribution in [1.29, 1.82) is 0 Å². The Hall–Kier alpha value is -3.24. The van der Waals surface area contributed by atoms with Crippen molar-refractivity contribution >= 4 is 16.9 Å². The second-order valence-electron chi connectivity index (χ2n) is 8.78. The zero-order valence-corrected chi connectivity index (χ0v) is 18.5. The number of nitrogens with zero attached hydrogens (tertiary/aromatic N) is 2. The summed E-state index contributed by atoms with van der Waals surface area (Å²) in [6, 6.07) is 19.9. The lowest BCUT2D eigenvalue weighted by atomic mass is 9.94. The SMILES string of the molecule is CN1CCC(CCOc2ccc3c(c2)C(=O)C(c2cccnc2)=C3c2ccccc2)CC1. The number of ether oxygens (including phenoxy) is 1. The maximum atomic E-state index is 13.5. The lowest BCUT2D eigenvalue weighted by Crippen LogP contribution is -2.30. The molecule has 0 amide bonds. The van der Waals surface area contributed by atoms with Crippen LogP contribution in [0.2, 0.25) is 0 Å². The van der Waals surface area contributed by atoms with Gasteiger partial charge in [0.1, 0.15) is 5.75 Å². The minimum Gasteiger partial charge on any atom is -0.494 e. The summed E-state index contributed by atoms with van der Waals surface area (Å²) < 4.78 is 6.09. The van der Waals surface area contributed by atoms with Gasteiger partial charge in [-0.05, 0) is 80.7 Å². The molecular weight excluding hydrogens is 396 g/mol. The minimum atomic E-state index is 0.0348. The molecule has 2 aromatic carbocycles. The maximum absolute atomic E-state index is 13.5. The molecule has 4 nitrogen and oxygen atoms in total. The molecule has 2 aliphatic rings. The zero-order chi connectivity index (χ0) is 21.9. The molecule has 1 aromatic heterocycles. The monoisotopic (exact) mass is 424 g/mol. The molecule has 5 rings (SSSR count). The normalized spacial score (nSPS) is 17.0. The molecule has 0 bridgehead atoms. The van der Waals surface area contributed by atoms with Crippen molar-refractivity contribution in [3.63, 3.8) is 0 Å². The van der Waals surface area contributed by atoms with E-state index in [1.54, 1.807) is 12.4 Å². The fourth-order valence-electron chi connectivity index (χ4n) is 4.79. The van der Waals surface area contributed by atoms with Crippen LogP contribution in [-0.4, -0.2) is 42.4 Å². The highest BCUT2D eigenvalue weighted by atomic mass is 16.5. The Morgan fingerprint density at radius 1 is 0.938 bits per heavy atom. The summed E-state index contributed by atoms with van der Waals surface area (Å²) in [5.74, 6) is 1.53. The average Bonchev–Trinajstić information content (AvgIpc) is 3.13. The number of fused-ring (bicyclic) bond motifs is 1. The number of hydrogen-bond acceptors (Lipinski definition) is 4. The molecule has 4 heteroatoms. The lowest BCUT2D eigenvalue weighted by Gasteiger charge is -2.28. The number of aromatic nitrogens is 1. The zero-order valence-electron chi connectivity index (χ0n) is 18.5. The van der Waals surface area contributed by atoms with Gasteiger partial charge in [0.15, 0.2) is 5.78 Å². The Bertz CT molecular complexity index is 1130. The van der Waals surface area contributed by atoms with Gasteiger partial charge in [-0.3, -0.25) is 9.78 Å². The number of carbonyl (C=O) groups excluding carboxylic acids is 1. The van der Waals surface area contributed by atoms with Crippen LogP contribution in [0.15, 0.2) is 73.1 Å². The fourth-order valence-corrected chi connectivity index (χ4v) is 4.79. The molecule has 3 aromatic rings. The van der Waals surface area contributed by atoms with Gasteiger partial charge in [-0.25, -0.2) is 0 Å². The van der Waals surface area contributed by atoms with Gasteiger partial charge in [-0.1, -0.05) is 36.4 Å². The van der Waals surface area contributed by atoms with Crippen molar-refractivity contribution in [3.8, 4) is 5.75 Å². The number of Topliss-reactive ketones (excluding diaryl/α,β-unsaturated/α-hetero) is 1. The third-order valence-corrected chi connectivity index (χ3v) is 6.63. The van der Waals surface area contributed by atoms with E-state index in [0.29, 0.717) is 17.7 Å². The van der Waals surface area contributed by atoms with Crippen LogP contribution in [0.25, 0.3) is 11.1 Å². The van der Waals surface area contributed by atoms with Crippen LogP contribution < -0.4 is 4.74 Å². The first-order valence-electron chi connectivity index (χ1n) is 11.4. The molecule has 162 valence electrons. The topological polar surface area (TPSA) is 42.4 Å². The van der Waals surface area contributed by atoms with E-state index in [9.17, 15) is 4.79 Å². The van der Waals surface area contributed by atoms with Gasteiger partial charge in [-0.2, -0.15) is 0 Å². The second kappa shape index (κ2) is 9.09. The summed E-state index contributed by atoms with van der Waals surface area (Å²) in [6.45, 7) is 3.03. The third-order valence-electron chi connectivity index (χ3n) is 6.63. The highest BCUT2D eigenvalue weighted by Crippen LogP contribution is 2.43. The van der Waals surface area contributed by atoms with E-state index in [1.807, 2.05) is 48.5 Å². The number of likely N-dealkylation sites (tertiary alicyclic amines) is 1. The Morgan fingerprint density at radius 2 is 1.72 bits per heavy atom. The summed E-state index contributed by atoms with van der Waals surface area (Å²) in [5, 5.41) is 0. The van der Waals surface area contributed by atoms with Gasteiger partial charge in [0.05, 0.1) is 6.61 Å². The molecule has 0 spiro atoms. The maximum Gasteiger partial charge on any atom is 0.195 e. The number of benzene rings is 2. The minimum absolute atomic E-state index is 0.0348. The number of piperidine rings is 1. The van der Waals surface area contributed by atoms with Gasteiger partial charge in [-0.15, -0.1) is 0 Å². The Labute approximate surface area is 189 Å². The van der Waals surface area contributed by atoms with Crippen molar-refractivity contribution in [2.24, 2.45) is 5.92 Å². The van der Waals surface area contributed by atoms with Crippen LogP contribution in [-0.2, 0) is 0 Å². The summed E-state index contributed by atoms with van der Waals surface area (Å²) >= 11 is 0. The molecular formula is C28H28N2O2. The van der Waals surface area contributed by atoms with E-state index in [2.05, 4.69) is 29.1 Å². The highest BCUT2D eigenvalue weighted by Gasteiger charge is 2.32. The number of allylic oxidation sites excluding steroid dienone is 1. The number of ketones is 1. The molecule has 0 saturated carbocycles. The molecule has 0 unspecified atom stereocenters. The second-order valence-corrected chi connectivity index (χ2v) is 8.78. The van der Waals surface area contributed by atoms with E-state index in [1.165, 1.54) is 25.9 Å². The van der Waals surface area contributed by atoms with Crippen LogP contribution >= 0.6 is 0 Å². The fraction of sp³-hybridized carbons (Fsp3) is 0.286. The molecule has 2 heterocycles. The van der Waals surface area contributed by atoms with E-state index >= 15 is 0 Å². The highest BCUT2D eigenvalue weighted by molar-refractivity contribution is 6.41. The largest absolute Gasteiger partial charge is 0.494 e. The van der Waals surface area contributed by atoms with Crippen molar-refractivity contribution < 1.29 is 9.53 Å². The van der Waals surface area contributed by atoms with Crippen molar-refractivity contribution in [3.05, 3.63) is 95.3 Å². The number of hydrogen-bond donors (Lipinski definition) is 0. The number of rotatable bonds is 6. The first kappa shape index (κ1) is 20.7. The predicted molar refractivity (Wildman–Crippen MR) is 128 cm³/mol. The summed E-state index contributed by atoms with van der Waals surface area (Å²) in [7, 11) is 2.19. The quantitative estimate of drug-likeness (QED) is 0.535. The van der Waals surface area contributed by atoms with E-state index < -0.39 is 0 Å². The molecule has 0 atom stereocenters. The smallest absolute Gasteiger partial charge is 0.195 e. The molecule has 0 radical (unpaired) electrons. The third kappa shape index (κ3) is 4.11. The summed E-state index contributed by atoms with van der Waals surface area (Å²) in [6.07, 6.45) is 7.03. The first-order valence-corrected chi connectivity index (χ1v) is 11.4. The van der Waals surface area contributed by atoms with Crippen molar-refractivity contribution in [1.82, 2.24) is 9.88 Å². The van der Waals surface area contributed by atoms with Gasteiger partial charge in [0.2, 0.25) is 0 Å². The average molecular weight is 425 g/mol. The van der Waals surface area contributed by atoms with E-state index in [-0.39, 0.29) is 5.78 Å². The summed E-state index contributed by atoms with van der Waals surface area (Å²) in [4.78, 5) is 20.2. The molecule has 1 saturated heterocycles. The lowest BCUT2D eigenvalue weighted by molar-refractivity contribution is 0.105. The first-order chi connectivity index (χ1) is 15.7. The van der Waals surface area contributed by atoms with Crippen LogP contribution in [0.1, 0.15) is 46.3 Å². The standard InChI is InChI=1S/C28H28N2O2/c1-30-15-11-20(12-16-30)13-17-32-23-9-10-24-25(18-23)28(31)27(22-8-5-14-29-19-22)26(24)21-6-3-2-4-7-21/h2-10,14,18-20H,11-13,15-17H2,1H3. The molecule has 1 aliphatic carbocycles. The van der Waals surface area contributed by atoms with Crippen LogP contribution in [0.5, 0.6) is 5.75 Å². The predicted octanol–water partition coefficient (Wildman–Crippen LogP) is 5.35. The van der Waals surface area contributed by atoms with Gasteiger partial charge in [0, 0.05) is 34.7 Å². The Morgan fingerprint density at radius 3 is 2.47 bits per heavy atom. The van der Waals surface area contributed by atoms with Crippen LogP contribution in [0, 0.1) is 5.92 Å². The van der Waals surface area contributed by atoms with E-state index in [0.717, 1.165) is 40.4 Å². The molecule has 0 N–H and O–H groups in total. The van der Waals surface area contributed by atoms with Gasteiger partial charge < -0.3 is 9.64 Å². The number of pyridine rings is 1. The molecule has 32 heavy (non-hydrogen) atoms. The molecule has 1 aliphatic heterocycles. The van der Waals surface area contributed by atoms with Crippen molar-refractivity contribution in [2.75, 3.05) is 26.7 Å². The van der Waals surface area contributed by atoms with Crippen LogP contribution in [0.4, 0.5) is 0 Å².